The van der Waals surface area contributed by atoms with E-state index in [1.165, 1.54) is 28.3 Å². The Morgan fingerprint density at radius 3 is 1.27 bits per heavy atom. The molecular weight excluding hydrogens is 953 g/mol. The maximum absolute atomic E-state index is 11.1. The number of nitrogens with one attached hydrogen (secondary N) is 4. The van der Waals surface area contributed by atoms with E-state index in [0.29, 0.717) is 70.1 Å². The number of fused-ring (bicyclic) bond motifs is 2. The third-order valence-electron chi connectivity index (χ3n) is 14.1. The molecular formula is C41H51Cl2N21O6. The van der Waals surface area contributed by atoms with Gasteiger partial charge < -0.3 is 61.0 Å². The van der Waals surface area contributed by atoms with Gasteiger partial charge in [0.25, 0.3) is 0 Å². The molecule has 7 aromatic rings. The summed E-state index contributed by atoms with van der Waals surface area (Å²) < 4.78 is 3.41. The summed E-state index contributed by atoms with van der Waals surface area (Å²) in [5.74, 6) is 1.95. The fourth-order valence-electron chi connectivity index (χ4n) is 10.5. The van der Waals surface area contributed by atoms with Crippen LogP contribution in [0.1, 0.15) is 99.8 Å². The van der Waals surface area contributed by atoms with Crippen LogP contribution in [-0.4, -0.2) is 163 Å². The minimum Gasteiger partial charge on any atom is -0.390 e. The Morgan fingerprint density at radius 2 is 0.886 bits per heavy atom. The van der Waals surface area contributed by atoms with Crippen molar-refractivity contribution < 1.29 is 30.6 Å². The Balaban J connectivity index is 0.666. The summed E-state index contributed by atoms with van der Waals surface area (Å²) in [6, 6.07) is -2.03. The average molecular weight is 1000 g/mol. The number of hydrogen-bond donors (Lipinski definition) is 10. The van der Waals surface area contributed by atoms with E-state index in [0.717, 1.165) is 51.4 Å². The molecule has 11 rings (SSSR count). The number of aliphatic hydroxyl groups is 6. The standard InChI is InChI=1S/C41H51Cl2N21O6/c42-38-54-34(28-36(56-38)61(16-46-28)24-9-26(32(69)30(24)67)63-48-11-22(13-65)59-63)50-18-1-5-20(6-2-18)52-40-44-15-45-41(58-40)53-21-7-3-19(4-8-21)51-35-29-37(57-39(43)55-35)62(17-47-29)25-10-27(33(70)31(25)68)64-49-12-23(14-66)60-64/h11-12,15-21,24-27,30-33,65-70H,1-10,13-14H2,(H,50,54,56)(H,51,55,57)(H2,44,45,52,53,58)/t18-,19-,20-,21-,24-,25-,26+,27+,30+,31+,32-,33-/m1/s1. The zero-order valence-corrected chi connectivity index (χ0v) is 38.9. The fourth-order valence-corrected chi connectivity index (χ4v) is 10.8. The quantitative estimate of drug-likeness (QED) is 0.0682. The number of aromatic nitrogens is 17. The lowest BCUT2D eigenvalue weighted by Gasteiger charge is -2.30. The van der Waals surface area contributed by atoms with Crippen molar-refractivity contribution in [2.75, 3.05) is 21.3 Å². The van der Waals surface area contributed by atoms with E-state index in [9.17, 15) is 30.6 Å². The van der Waals surface area contributed by atoms with Gasteiger partial charge in [-0.1, -0.05) is 0 Å². The summed E-state index contributed by atoms with van der Waals surface area (Å²) in [7, 11) is 0. The van der Waals surface area contributed by atoms with Gasteiger partial charge in [-0.05, 0) is 87.4 Å². The minimum absolute atomic E-state index is 0.0185. The molecule has 27 nitrogen and oxygen atoms in total. The molecule has 0 unspecified atom stereocenters. The summed E-state index contributed by atoms with van der Waals surface area (Å²) in [6.07, 6.45) is 10.0. The molecule has 0 spiro atoms. The number of nitrogens with zero attached hydrogens (tertiary/aromatic N) is 17. The van der Waals surface area contributed by atoms with Gasteiger partial charge in [-0.2, -0.15) is 54.9 Å². The number of anilines is 4. The molecule has 0 amide bonds. The van der Waals surface area contributed by atoms with Crippen LogP contribution in [0, 0.1) is 0 Å². The number of imidazole rings is 2. The maximum Gasteiger partial charge on any atom is 0.227 e. The van der Waals surface area contributed by atoms with Crippen molar-refractivity contribution in [1.29, 1.82) is 0 Å². The highest BCUT2D eigenvalue weighted by Gasteiger charge is 2.47. The molecule has 0 radical (unpaired) electrons. The van der Waals surface area contributed by atoms with Gasteiger partial charge in [0.1, 0.15) is 54.2 Å². The molecule has 70 heavy (non-hydrogen) atoms. The smallest absolute Gasteiger partial charge is 0.227 e. The zero-order valence-electron chi connectivity index (χ0n) is 37.3. The molecule has 0 aromatic carbocycles. The lowest BCUT2D eigenvalue weighted by molar-refractivity contribution is 0.00491. The number of hydrogen-bond acceptors (Lipinski definition) is 23. The van der Waals surface area contributed by atoms with E-state index < -0.39 is 48.6 Å². The second-order valence-electron chi connectivity index (χ2n) is 18.5. The largest absolute Gasteiger partial charge is 0.390 e. The van der Waals surface area contributed by atoms with Crippen molar-refractivity contribution in [2.24, 2.45) is 0 Å². The lowest BCUT2D eigenvalue weighted by atomic mass is 9.91. The van der Waals surface area contributed by atoms with Crippen LogP contribution in [0.25, 0.3) is 22.3 Å². The van der Waals surface area contributed by atoms with Gasteiger partial charge in [0.15, 0.2) is 34.0 Å². The van der Waals surface area contributed by atoms with Crippen LogP contribution >= 0.6 is 23.2 Å². The zero-order chi connectivity index (χ0) is 48.2. The topological polar surface area (TPSA) is 357 Å². The Bertz CT molecular complexity index is 2760. The average Bonchev–Trinajstić information content (AvgIpc) is 4.24. The number of aliphatic hydroxyl groups excluding tert-OH is 6. The highest BCUT2D eigenvalue weighted by Crippen LogP contribution is 2.42. The van der Waals surface area contributed by atoms with Gasteiger partial charge in [-0.15, -0.1) is 0 Å². The van der Waals surface area contributed by atoms with Crippen LogP contribution in [0.4, 0.5) is 23.5 Å². The second kappa shape index (κ2) is 19.3. The fraction of sp³-hybridized carbons (Fsp3) is 0.585. The number of halogens is 2. The summed E-state index contributed by atoms with van der Waals surface area (Å²) in [4.78, 5) is 43.2. The Kier molecular flexibility index (Phi) is 12.7. The van der Waals surface area contributed by atoms with Gasteiger partial charge >= 0.3 is 0 Å². The van der Waals surface area contributed by atoms with E-state index in [1.807, 2.05) is 0 Å². The summed E-state index contributed by atoms with van der Waals surface area (Å²) in [5.41, 5.74) is 2.56. The third kappa shape index (κ3) is 8.99. The van der Waals surface area contributed by atoms with Crippen LogP contribution in [0.3, 0.4) is 0 Å². The Labute approximate surface area is 407 Å². The molecule has 0 aliphatic heterocycles. The van der Waals surface area contributed by atoms with Crippen molar-refractivity contribution in [3.63, 3.8) is 0 Å². The second-order valence-corrected chi connectivity index (χ2v) is 19.1. The monoisotopic (exact) mass is 1000 g/mol. The third-order valence-corrected chi connectivity index (χ3v) is 14.5. The highest BCUT2D eigenvalue weighted by atomic mass is 35.5. The van der Waals surface area contributed by atoms with Crippen molar-refractivity contribution >= 4 is 69.1 Å². The Morgan fingerprint density at radius 1 is 0.500 bits per heavy atom. The predicted molar refractivity (Wildman–Crippen MR) is 248 cm³/mol. The summed E-state index contributed by atoms with van der Waals surface area (Å²) in [5, 5.41) is 93.7. The molecule has 370 valence electrons. The molecule has 8 atom stereocenters. The predicted octanol–water partition coefficient (Wildman–Crippen LogP) is 1.11. The SMILES string of the molecule is OCc1cnn([C@H]2C[C@@H](n3cnc4c(N[C@H]5CC[C@H](Nc6ncnc(N[C@H]7CC[C@H](Nc8nc(Cl)nc9c8ncn9[C@@H]8C[C@H](n9ncc(CO)n9)[C@@H](O)[C@H]8O)CC7)n6)CC5)nc(Cl)nc43)[C@H](O)[C@@H]2O)n1. The molecule has 4 aliphatic rings. The van der Waals surface area contributed by atoms with E-state index in [2.05, 4.69) is 81.5 Å². The van der Waals surface area contributed by atoms with Gasteiger partial charge in [0.05, 0.1) is 50.3 Å². The molecule has 7 aromatic heterocycles. The van der Waals surface area contributed by atoms with E-state index in [-0.39, 0.29) is 47.9 Å². The molecule has 0 bridgehead atoms. The van der Waals surface area contributed by atoms with Crippen molar-refractivity contribution in [3.05, 3.63) is 53.3 Å². The molecule has 4 fully saturated rings. The molecule has 10 N–H and O–H groups in total. The molecule has 7 heterocycles. The van der Waals surface area contributed by atoms with Crippen LogP contribution < -0.4 is 21.3 Å². The van der Waals surface area contributed by atoms with Crippen molar-refractivity contribution in [2.45, 2.75) is 150 Å². The summed E-state index contributed by atoms with van der Waals surface area (Å²) >= 11 is 12.9. The number of rotatable bonds is 14. The maximum atomic E-state index is 11.1. The normalized spacial score (nSPS) is 29.3. The first-order valence-corrected chi connectivity index (χ1v) is 24.1. The van der Waals surface area contributed by atoms with E-state index in [4.69, 9.17) is 28.2 Å². The molecule has 4 saturated carbocycles. The van der Waals surface area contributed by atoms with Crippen molar-refractivity contribution in [3.8, 4) is 0 Å². The Hall–Kier alpha value is -6.07. The van der Waals surface area contributed by atoms with Crippen molar-refractivity contribution in [1.82, 2.24) is 84.0 Å². The van der Waals surface area contributed by atoms with E-state index in [1.54, 1.807) is 21.8 Å². The van der Waals surface area contributed by atoms with Crippen LogP contribution in [0.2, 0.25) is 10.6 Å². The molecule has 29 heteroatoms. The summed E-state index contributed by atoms with van der Waals surface area (Å²) in [6.45, 7) is -0.574. The first kappa shape index (κ1) is 46.3. The molecule has 0 saturated heterocycles. The lowest BCUT2D eigenvalue weighted by Crippen LogP contribution is -2.34. The van der Waals surface area contributed by atoms with Crippen LogP contribution in [-0.2, 0) is 13.2 Å². The highest BCUT2D eigenvalue weighted by molar-refractivity contribution is 6.29. The van der Waals surface area contributed by atoms with Gasteiger partial charge in [0, 0.05) is 24.2 Å². The molecule has 4 aliphatic carbocycles. The first-order chi connectivity index (χ1) is 34.0. The minimum atomic E-state index is -1.16. The van der Waals surface area contributed by atoms with Gasteiger partial charge in [-0.25, -0.2) is 19.9 Å². The first-order valence-electron chi connectivity index (χ1n) is 23.3. The van der Waals surface area contributed by atoms with Gasteiger partial charge in [-0.3, -0.25) is 0 Å². The van der Waals surface area contributed by atoms with Crippen LogP contribution in [0.15, 0.2) is 31.4 Å². The van der Waals surface area contributed by atoms with Gasteiger partial charge in [0.2, 0.25) is 22.5 Å². The van der Waals surface area contributed by atoms with E-state index >= 15 is 0 Å². The van der Waals surface area contributed by atoms with Crippen LogP contribution in [0.5, 0.6) is 0 Å².